The zero-order valence-electron chi connectivity index (χ0n) is 20.1. The Morgan fingerprint density at radius 2 is 1.15 bits per heavy atom. The first kappa shape index (κ1) is 31.3. The quantitative estimate of drug-likeness (QED) is 0.120. The maximum atomic E-state index is 13.6. The molecule has 0 amide bonds. The summed E-state index contributed by atoms with van der Waals surface area (Å²) in [7, 11) is -1.08. The zero-order chi connectivity index (χ0) is 28.0. The van der Waals surface area contributed by atoms with Gasteiger partial charge in [-0.05, 0) is 44.0 Å². The minimum absolute atomic E-state index is 0. The summed E-state index contributed by atoms with van der Waals surface area (Å²) < 4.78 is 93.4. The Bertz CT molecular complexity index is 1400. The molecule has 0 aliphatic heterocycles. The molecule has 0 aliphatic rings. The predicted molar refractivity (Wildman–Crippen MR) is 144 cm³/mol. The monoisotopic (exact) mass is 570 g/mol. The van der Waals surface area contributed by atoms with Gasteiger partial charge in [-0.3, -0.25) is 4.79 Å². The van der Waals surface area contributed by atoms with Gasteiger partial charge in [0, 0.05) is 16.9 Å². The first-order valence-corrected chi connectivity index (χ1v) is 12.6. The molecule has 1 atom stereocenters. The van der Waals surface area contributed by atoms with Crippen LogP contribution >= 0.6 is 8.58 Å². The third-order valence-electron chi connectivity index (χ3n) is 5.59. The normalized spacial score (nSPS) is 11.8. The van der Waals surface area contributed by atoms with Crippen LogP contribution in [-0.4, -0.2) is 24.4 Å². The van der Waals surface area contributed by atoms with E-state index in [0.717, 1.165) is 11.1 Å². The van der Waals surface area contributed by atoms with Crippen LogP contribution in [0.4, 0.5) is 26.3 Å². The van der Waals surface area contributed by atoms with E-state index in [4.69, 9.17) is 9.47 Å². The summed E-state index contributed by atoms with van der Waals surface area (Å²) in [6.07, 6.45) is -10.3. The van der Waals surface area contributed by atoms with Gasteiger partial charge in [-0.25, -0.2) is 0 Å². The van der Waals surface area contributed by atoms with Crippen molar-refractivity contribution in [2.45, 2.75) is 25.6 Å². The van der Waals surface area contributed by atoms with Crippen LogP contribution < -0.4 is 14.8 Å². The molecule has 0 aromatic heterocycles. The second-order valence-electron chi connectivity index (χ2n) is 8.38. The molecular weight excluding hydrogens is 548 g/mol. The van der Waals surface area contributed by atoms with Crippen molar-refractivity contribution in [2.24, 2.45) is 0 Å². The van der Waals surface area contributed by atoms with E-state index in [0.29, 0.717) is 23.9 Å². The molecule has 4 rings (SSSR count). The Hall–Kier alpha value is -3.24. The molecule has 0 N–H and O–H groups in total. The molecule has 0 saturated heterocycles. The summed E-state index contributed by atoms with van der Waals surface area (Å²) in [6.45, 7) is 0.273. The van der Waals surface area contributed by atoms with E-state index in [2.05, 4.69) is 0 Å². The van der Waals surface area contributed by atoms with Gasteiger partial charge in [-0.1, -0.05) is 66.7 Å². The van der Waals surface area contributed by atoms with Crippen molar-refractivity contribution in [2.75, 3.05) is 0 Å². The molecule has 4 aromatic carbocycles. The summed E-state index contributed by atoms with van der Waals surface area (Å²) >= 11 is 0. The Kier molecular flexibility index (Phi) is 10.5. The van der Waals surface area contributed by atoms with Gasteiger partial charge in [0.25, 0.3) is 0 Å². The second-order valence-corrected chi connectivity index (χ2v) is 9.63. The van der Waals surface area contributed by atoms with Gasteiger partial charge in [0.05, 0.1) is 11.1 Å². The number of benzene rings is 4. The van der Waals surface area contributed by atoms with Crippen molar-refractivity contribution in [1.82, 2.24) is 0 Å². The molecule has 1 unspecified atom stereocenters. The Morgan fingerprint density at radius 1 is 0.650 bits per heavy atom. The number of hydrogen-bond donors (Lipinski definition) is 0. The third kappa shape index (κ3) is 8.14. The molecule has 0 aliphatic carbocycles. The van der Waals surface area contributed by atoms with Gasteiger partial charge in [0.15, 0.2) is 5.52 Å². The number of carbonyl (C=O) groups excluding carboxylic acids is 1. The van der Waals surface area contributed by atoms with E-state index in [-0.39, 0.29) is 43.1 Å². The molecule has 0 radical (unpaired) electrons. The summed E-state index contributed by atoms with van der Waals surface area (Å²) in [5, 5.41) is 0.146. The van der Waals surface area contributed by atoms with Gasteiger partial charge < -0.3 is 9.47 Å². The van der Waals surface area contributed by atoms with Crippen molar-refractivity contribution in [3.63, 3.8) is 0 Å². The minimum atomic E-state index is -5.15. The molecule has 0 fully saturated rings. The molecule has 3 nitrogen and oxygen atoms in total. The number of hydrogen-bond acceptors (Lipinski definition) is 3. The summed E-state index contributed by atoms with van der Waals surface area (Å²) in [5.74, 6) is 0.476. The van der Waals surface area contributed by atoms with E-state index in [9.17, 15) is 31.1 Å². The van der Waals surface area contributed by atoms with Gasteiger partial charge in [0.2, 0.25) is 0 Å². The molecule has 4 aromatic rings. The zero-order valence-corrected chi connectivity index (χ0v) is 21.1. The fourth-order valence-corrected chi connectivity index (χ4v) is 4.82. The third-order valence-corrected chi connectivity index (χ3v) is 6.75. The summed E-state index contributed by atoms with van der Waals surface area (Å²) in [4.78, 5) is 13.1. The SMILES string of the molecule is O=C(Pc1ccc(OCc2ccccc2)cc1OCc1ccccc1)c1c(C(F)(F)F)cccc1C(F)(F)F.[LiH]. The summed E-state index contributed by atoms with van der Waals surface area (Å²) in [6, 6.07) is 24.2. The average molecular weight is 570 g/mol. The Labute approximate surface area is 240 Å². The number of rotatable bonds is 9. The van der Waals surface area contributed by atoms with Crippen LogP contribution in [0.1, 0.15) is 32.6 Å². The second kappa shape index (κ2) is 13.4. The van der Waals surface area contributed by atoms with Crippen molar-refractivity contribution in [1.29, 1.82) is 0 Å². The van der Waals surface area contributed by atoms with Crippen molar-refractivity contribution < 1.29 is 40.6 Å². The molecule has 0 saturated carbocycles. The van der Waals surface area contributed by atoms with Crippen LogP contribution in [0.3, 0.4) is 0 Å². The van der Waals surface area contributed by atoms with Gasteiger partial charge >= 0.3 is 31.2 Å². The standard InChI is InChI=1S/C29H21F6O3P.Li.H/c30-28(31,32)22-12-7-13-23(29(33,34)35)26(22)27(36)39-25-15-14-21(37-17-19-8-3-1-4-9-19)16-24(25)38-18-20-10-5-2-6-11-20;;/h1-16,39H,17-18H2;;. The molecule has 0 heterocycles. The first-order chi connectivity index (χ1) is 18.5. The number of alkyl halides is 6. The fourth-order valence-electron chi connectivity index (χ4n) is 3.75. The molecule has 0 bridgehead atoms. The van der Waals surface area contributed by atoms with Gasteiger partial charge in [-0.15, -0.1) is 0 Å². The van der Waals surface area contributed by atoms with Crippen molar-refractivity contribution in [3.8, 4) is 11.5 Å². The van der Waals surface area contributed by atoms with Crippen LogP contribution in [0, 0.1) is 0 Å². The van der Waals surface area contributed by atoms with Gasteiger partial charge in [0.1, 0.15) is 24.7 Å². The first-order valence-electron chi connectivity index (χ1n) is 11.6. The van der Waals surface area contributed by atoms with Crippen LogP contribution in [0.2, 0.25) is 0 Å². The van der Waals surface area contributed by atoms with E-state index in [1.807, 2.05) is 36.4 Å². The van der Waals surface area contributed by atoms with Crippen molar-refractivity contribution in [3.05, 3.63) is 125 Å². The van der Waals surface area contributed by atoms with Crippen LogP contribution in [0.15, 0.2) is 97.1 Å². The Balaban J connectivity index is 0.00000441. The van der Waals surface area contributed by atoms with Crippen molar-refractivity contribution >= 4 is 38.3 Å². The van der Waals surface area contributed by atoms with E-state index < -0.39 is 43.1 Å². The van der Waals surface area contributed by atoms with Gasteiger partial charge in [-0.2, -0.15) is 26.3 Å². The molecule has 40 heavy (non-hydrogen) atoms. The average Bonchev–Trinajstić information content (AvgIpc) is 2.91. The number of carbonyl (C=O) groups is 1. The number of halogens is 6. The van der Waals surface area contributed by atoms with E-state index >= 15 is 0 Å². The number of ether oxygens (including phenoxy) is 2. The molecular formula is C29H22F6LiO3P. The van der Waals surface area contributed by atoms with Crippen LogP contribution in [-0.2, 0) is 25.6 Å². The van der Waals surface area contributed by atoms with Crippen LogP contribution in [0.5, 0.6) is 11.5 Å². The Morgan fingerprint density at radius 3 is 1.65 bits per heavy atom. The molecule has 11 heteroatoms. The van der Waals surface area contributed by atoms with Crippen LogP contribution in [0.25, 0.3) is 0 Å². The van der Waals surface area contributed by atoms with E-state index in [1.165, 1.54) is 18.2 Å². The molecule has 0 spiro atoms. The molecule has 204 valence electrons. The predicted octanol–water partition coefficient (Wildman–Crippen LogP) is 7.38. The van der Waals surface area contributed by atoms with E-state index in [1.54, 1.807) is 24.3 Å². The summed E-state index contributed by atoms with van der Waals surface area (Å²) in [5.41, 5.74) is -4.33. The fraction of sp³-hybridized carbons (Fsp3) is 0.138. The maximum absolute atomic E-state index is 13.6. The topological polar surface area (TPSA) is 35.5 Å².